The summed E-state index contributed by atoms with van der Waals surface area (Å²) in [6.45, 7) is 4.22. The summed E-state index contributed by atoms with van der Waals surface area (Å²) in [6.07, 6.45) is 14.1. The monoisotopic (exact) mass is 529 g/mol. The fourth-order valence-electron chi connectivity index (χ4n) is 4.45. The third-order valence-corrected chi connectivity index (χ3v) is 7.31. The van der Waals surface area contributed by atoms with Gasteiger partial charge in [0.15, 0.2) is 0 Å². The van der Waals surface area contributed by atoms with Crippen LogP contribution in [-0.2, 0) is 17.8 Å². The molecule has 0 bridgehead atoms. The lowest BCUT2D eigenvalue weighted by Gasteiger charge is -2.13. The Morgan fingerprint density at radius 2 is 1.39 bits per heavy atom. The van der Waals surface area contributed by atoms with Gasteiger partial charge in [0.2, 0.25) is 0 Å². The molecule has 0 radical (unpaired) electrons. The van der Waals surface area contributed by atoms with Gasteiger partial charge in [-0.1, -0.05) is 124 Å². The SMILES string of the molecule is CCCCCCCCCCCCOc1ccc(CNOCCc2ccc(Cl)c(Cl)c2)c2ccccc12. The van der Waals surface area contributed by atoms with Crippen LogP contribution in [0.5, 0.6) is 5.75 Å². The van der Waals surface area contributed by atoms with Crippen LogP contribution in [0.25, 0.3) is 10.8 Å². The molecule has 0 unspecified atom stereocenters. The zero-order valence-corrected chi connectivity index (χ0v) is 23.2. The minimum absolute atomic E-state index is 0.552. The molecule has 0 aromatic heterocycles. The van der Waals surface area contributed by atoms with E-state index in [0.717, 1.165) is 36.1 Å². The first kappa shape index (κ1) is 28.8. The summed E-state index contributed by atoms with van der Waals surface area (Å²) in [7, 11) is 0. The molecule has 1 N–H and O–H groups in total. The van der Waals surface area contributed by atoms with E-state index in [4.69, 9.17) is 32.8 Å². The fraction of sp³-hybridized carbons (Fsp3) is 0.484. The van der Waals surface area contributed by atoms with Crippen LogP contribution in [0.3, 0.4) is 0 Å². The van der Waals surface area contributed by atoms with Gasteiger partial charge in [-0.2, -0.15) is 5.48 Å². The average molecular weight is 531 g/mol. The molecule has 196 valence electrons. The number of ether oxygens (including phenoxy) is 1. The molecule has 0 saturated heterocycles. The molecule has 36 heavy (non-hydrogen) atoms. The number of benzene rings is 3. The van der Waals surface area contributed by atoms with Crippen LogP contribution in [0.1, 0.15) is 82.3 Å². The van der Waals surface area contributed by atoms with Crippen molar-refractivity contribution < 1.29 is 9.57 Å². The maximum Gasteiger partial charge on any atom is 0.127 e. The summed E-state index contributed by atoms with van der Waals surface area (Å²) in [5.74, 6) is 0.964. The van der Waals surface area contributed by atoms with Crippen molar-refractivity contribution in [2.75, 3.05) is 13.2 Å². The van der Waals surface area contributed by atoms with Gasteiger partial charge in [0.25, 0.3) is 0 Å². The molecule has 5 heteroatoms. The maximum absolute atomic E-state index is 6.18. The van der Waals surface area contributed by atoms with Crippen LogP contribution >= 0.6 is 23.2 Å². The zero-order chi connectivity index (χ0) is 25.4. The lowest BCUT2D eigenvalue weighted by molar-refractivity contribution is 0.0390. The van der Waals surface area contributed by atoms with Crippen molar-refractivity contribution in [2.45, 2.75) is 84.1 Å². The summed E-state index contributed by atoms with van der Waals surface area (Å²) in [5, 5.41) is 3.49. The Kier molecular flexibility index (Phi) is 13.5. The molecule has 0 aliphatic heterocycles. The Balaban J connectivity index is 1.37. The molecule has 3 aromatic rings. The van der Waals surface area contributed by atoms with Gasteiger partial charge in [0.05, 0.1) is 23.3 Å². The molecule has 3 aromatic carbocycles. The van der Waals surface area contributed by atoms with E-state index in [2.05, 4.69) is 48.8 Å². The van der Waals surface area contributed by atoms with Crippen LogP contribution < -0.4 is 10.2 Å². The van der Waals surface area contributed by atoms with Crippen LogP contribution in [0.4, 0.5) is 0 Å². The topological polar surface area (TPSA) is 30.5 Å². The molecular formula is C31H41Cl2NO2. The second kappa shape index (κ2) is 16.9. The van der Waals surface area contributed by atoms with Crippen molar-refractivity contribution in [1.82, 2.24) is 5.48 Å². The van der Waals surface area contributed by atoms with Gasteiger partial charge in [-0.05, 0) is 47.6 Å². The normalized spacial score (nSPS) is 11.3. The summed E-state index contributed by atoms with van der Waals surface area (Å²) in [4.78, 5) is 5.68. The highest BCUT2D eigenvalue weighted by Gasteiger charge is 2.07. The Labute approximate surface area is 227 Å². The van der Waals surface area contributed by atoms with Crippen LogP contribution in [-0.4, -0.2) is 13.2 Å². The van der Waals surface area contributed by atoms with E-state index in [0.29, 0.717) is 23.2 Å². The second-order valence-corrected chi connectivity index (χ2v) is 10.3. The van der Waals surface area contributed by atoms with E-state index in [-0.39, 0.29) is 0 Å². The number of hydrogen-bond acceptors (Lipinski definition) is 3. The van der Waals surface area contributed by atoms with Crippen molar-refractivity contribution in [3.05, 3.63) is 75.8 Å². The molecule has 0 amide bonds. The molecule has 3 nitrogen and oxygen atoms in total. The zero-order valence-electron chi connectivity index (χ0n) is 21.7. The smallest absolute Gasteiger partial charge is 0.127 e. The van der Waals surface area contributed by atoms with E-state index < -0.39 is 0 Å². The molecule has 0 aliphatic rings. The minimum Gasteiger partial charge on any atom is -0.493 e. The number of hydrogen-bond donors (Lipinski definition) is 1. The second-order valence-electron chi connectivity index (χ2n) is 9.47. The average Bonchev–Trinajstić information content (AvgIpc) is 2.89. The third-order valence-electron chi connectivity index (χ3n) is 6.57. The Morgan fingerprint density at radius 3 is 2.11 bits per heavy atom. The summed E-state index contributed by atoms with van der Waals surface area (Å²) < 4.78 is 6.18. The molecule has 3 rings (SSSR count). The maximum atomic E-state index is 6.18. The summed E-state index contributed by atoms with van der Waals surface area (Å²) in [6, 6.07) is 18.3. The van der Waals surface area contributed by atoms with Gasteiger partial charge >= 0.3 is 0 Å². The van der Waals surface area contributed by atoms with Gasteiger partial charge in [0.1, 0.15) is 5.75 Å². The highest BCUT2D eigenvalue weighted by molar-refractivity contribution is 6.42. The predicted octanol–water partition coefficient (Wildman–Crippen LogP) is 9.71. The van der Waals surface area contributed by atoms with E-state index in [1.54, 1.807) is 0 Å². The largest absolute Gasteiger partial charge is 0.493 e. The minimum atomic E-state index is 0.552. The molecular weight excluding hydrogens is 489 g/mol. The molecule has 0 atom stereocenters. The lowest BCUT2D eigenvalue weighted by atomic mass is 10.0. The van der Waals surface area contributed by atoms with Gasteiger partial charge in [-0.25, -0.2) is 0 Å². The van der Waals surface area contributed by atoms with Gasteiger partial charge < -0.3 is 9.57 Å². The summed E-state index contributed by atoms with van der Waals surface area (Å²) in [5.41, 5.74) is 5.38. The van der Waals surface area contributed by atoms with E-state index >= 15 is 0 Å². The number of halogens is 2. The van der Waals surface area contributed by atoms with Crippen molar-refractivity contribution in [1.29, 1.82) is 0 Å². The van der Waals surface area contributed by atoms with E-state index in [1.807, 2.05) is 18.2 Å². The van der Waals surface area contributed by atoms with Crippen molar-refractivity contribution in [3.8, 4) is 5.75 Å². The Hall–Kier alpha value is -1.78. The van der Waals surface area contributed by atoms with Crippen LogP contribution in [0.15, 0.2) is 54.6 Å². The Bertz CT molecular complexity index is 1040. The van der Waals surface area contributed by atoms with Crippen molar-refractivity contribution in [3.63, 3.8) is 0 Å². The van der Waals surface area contributed by atoms with Crippen molar-refractivity contribution >= 4 is 34.0 Å². The van der Waals surface area contributed by atoms with Gasteiger partial charge in [-0.15, -0.1) is 0 Å². The first-order valence-electron chi connectivity index (χ1n) is 13.6. The Morgan fingerprint density at radius 1 is 0.694 bits per heavy atom. The van der Waals surface area contributed by atoms with Gasteiger partial charge in [0, 0.05) is 11.9 Å². The first-order valence-corrected chi connectivity index (χ1v) is 14.4. The van der Waals surface area contributed by atoms with Gasteiger partial charge in [-0.3, -0.25) is 0 Å². The summed E-state index contributed by atoms with van der Waals surface area (Å²) >= 11 is 12.1. The predicted molar refractivity (Wildman–Crippen MR) is 154 cm³/mol. The van der Waals surface area contributed by atoms with E-state index in [1.165, 1.54) is 68.7 Å². The highest BCUT2D eigenvalue weighted by Crippen LogP contribution is 2.29. The molecule has 0 aliphatic carbocycles. The standard InChI is InChI=1S/C31H41Cl2NO2/c1-2-3-4-5-6-7-8-9-10-13-21-35-31-19-17-26(27-14-11-12-15-28(27)31)24-34-36-22-20-25-16-18-29(32)30(33)23-25/h11-12,14-19,23,34H,2-10,13,20-22,24H2,1H3. The fourth-order valence-corrected chi connectivity index (χ4v) is 4.77. The number of hydroxylamine groups is 1. The van der Waals surface area contributed by atoms with Crippen molar-refractivity contribution in [2.24, 2.45) is 0 Å². The van der Waals surface area contributed by atoms with Crippen LogP contribution in [0.2, 0.25) is 10.0 Å². The lowest BCUT2D eigenvalue weighted by Crippen LogP contribution is -2.16. The quantitative estimate of drug-likeness (QED) is 0.131. The van der Waals surface area contributed by atoms with E-state index in [9.17, 15) is 0 Å². The molecule has 0 fully saturated rings. The molecule has 0 saturated carbocycles. The number of rotatable bonds is 18. The third kappa shape index (κ3) is 9.94. The number of unbranched alkanes of at least 4 members (excludes halogenated alkanes) is 9. The molecule has 0 heterocycles. The molecule has 0 spiro atoms. The number of nitrogens with one attached hydrogen (secondary N) is 1. The highest BCUT2D eigenvalue weighted by atomic mass is 35.5. The van der Waals surface area contributed by atoms with Crippen LogP contribution in [0, 0.1) is 0 Å². The first-order chi connectivity index (χ1) is 17.7. The number of fused-ring (bicyclic) bond motifs is 1.